The first-order valence-electron chi connectivity index (χ1n) is 9.03. The number of nitrogens with zero attached hydrogens (tertiary/aromatic N) is 4. The van der Waals surface area contributed by atoms with Crippen LogP contribution in [0.5, 0.6) is 0 Å². The molecule has 2 aliphatic heterocycles. The standard InChI is InChI=1S/C18H25N5O2/c1-12-9-20-18-17(13(12)2)21-15-10-22(6-7-23(15)18)16(24)4-8-25-11-14-3-5-19-14/h9,14,19H,3-8,10-11H2,1-2H3. The summed E-state index contributed by atoms with van der Waals surface area (Å²) in [6, 6.07) is 0.476. The SMILES string of the molecule is Cc1cnc2c(nc3n2CCN(C(=O)CCOCC2CCN2)C3)c1C. The molecule has 1 atom stereocenters. The van der Waals surface area contributed by atoms with Gasteiger partial charge in [0.05, 0.1) is 26.2 Å². The molecule has 2 aromatic heterocycles. The molecule has 2 aliphatic rings. The van der Waals surface area contributed by atoms with Gasteiger partial charge in [0.2, 0.25) is 5.91 Å². The van der Waals surface area contributed by atoms with Gasteiger partial charge in [-0.1, -0.05) is 0 Å². The maximum atomic E-state index is 12.4. The highest BCUT2D eigenvalue weighted by Gasteiger charge is 2.25. The molecule has 4 heterocycles. The Labute approximate surface area is 147 Å². The molecule has 1 amide bonds. The molecule has 7 heteroatoms. The fourth-order valence-corrected chi connectivity index (χ4v) is 3.39. The zero-order valence-corrected chi connectivity index (χ0v) is 14.9. The Kier molecular flexibility index (Phi) is 4.43. The summed E-state index contributed by atoms with van der Waals surface area (Å²) in [6.07, 6.45) is 3.50. The first kappa shape index (κ1) is 16.5. The predicted octanol–water partition coefficient (Wildman–Crippen LogP) is 1.16. The van der Waals surface area contributed by atoms with Crippen molar-refractivity contribution in [3.05, 3.63) is 23.1 Å². The van der Waals surface area contributed by atoms with Gasteiger partial charge >= 0.3 is 0 Å². The molecule has 2 aromatic rings. The van der Waals surface area contributed by atoms with Gasteiger partial charge in [0.1, 0.15) is 11.3 Å². The van der Waals surface area contributed by atoms with Crippen LogP contribution >= 0.6 is 0 Å². The van der Waals surface area contributed by atoms with Crippen molar-refractivity contribution in [1.82, 2.24) is 24.8 Å². The van der Waals surface area contributed by atoms with Crippen LogP contribution in [0.3, 0.4) is 0 Å². The largest absolute Gasteiger partial charge is 0.379 e. The van der Waals surface area contributed by atoms with Gasteiger partial charge in [0, 0.05) is 25.3 Å². The van der Waals surface area contributed by atoms with Gasteiger partial charge in [-0.25, -0.2) is 9.97 Å². The highest BCUT2D eigenvalue weighted by molar-refractivity contribution is 5.78. The summed E-state index contributed by atoms with van der Waals surface area (Å²) in [5, 5.41) is 3.29. The number of hydrogen-bond acceptors (Lipinski definition) is 5. The van der Waals surface area contributed by atoms with E-state index >= 15 is 0 Å². The summed E-state index contributed by atoms with van der Waals surface area (Å²) in [5.41, 5.74) is 4.21. The van der Waals surface area contributed by atoms with Gasteiger partial charge in [0.25, 0.3) is 0 Å². The Morgan fingerprint density at radius 3 is 3.00 bits per heavy atom. The van der Waals surface area contributed by atoms with Crippen LogP contribution in [-0.2, 0) is 22.6 Å². The lowest BCUT2D eigenvalue weighted by molar-refractivity contribution is -0.134. The molecule has 1 N–H and O–H groups in total. The van der Waals surface area contributed by atoms with E-state index < -0.39 is 0 Å². The Morgan fingerprint density at radius 2 is 2.24 bits per heavy atom. The van der Waals surface area contributed by atoms with E-state index in [0.29, 0.717) is 38.8 Å². The molecule has 7 nitrogen and oxygen atoms in total. The van der Waals surface area contributed by atoms with Crippen LogP contribution < -0.4 is 5.32 Å². The molecule has 0 aromatic carbocycles. The number of carbonyl (C=O) groups excluding carboxylic acids is 1. The number of ether oxygens (including phenoxy) is 1. The third-order valence-electron chi connectivity index (χ3n) is 5.33. The van der Waals surface area contributed by atoms with Gasteiger partial charge < -0.3 is 19.5 Å². The monoisotopic (exact) mass is 343 g/mol. The minimum Gasteiger partial charge on any atom is -0.379 e. The molecule has 0 radical (unpaired) electrons. The Morgan fingerprint density at radius 1 is 1.40 bits per heavy atom. The molecule has 0 aliphatic carbocycles. The molecule has 4 rings (SSSR count). The maximum absolute atomic E-state index is 12.4. The van der Waals surface area contributed by atoms with Crippen molar-refractivity contribution in [3.63, 3.8) is 0 Å². The lowest BCUT2D eigenvalue weighted by atomic mass is 10.1. The quantitative estimate of drug-likeness (QED) is 0.825. The topological polar surface area (TPSA) is 72.3 Å². The maximum Gasteiger partial charge on any atom is 0.225 e. The van der Waals surface area contributed by atoms with Gasteiger partial charge in [0.15, 0.2) is 5.65 Å². The van der Waals surface area contributed by atoms with E-state index in [-0.39, 0.29) is 5.91 Å². The van der Waals surface area contributed by atoms with E-state index in [1.54, 1.807) is 0 Å². The molecule has 1 fully saturated rings. The Hall–Kier alpha value is -1.99. The number of fused-ring (bicyclic) bond motifs is 3. The molecule has 134 valence electrons. The highest BCUT2D eigenvalue weighted by Crippen LogP contribution is 2.23. The summed E-state index contributed by atoms with van der Waals surface area (Å²) >= 11 is 0. The zero-order valence-electron chi connectivity index (χ0n) is 14.9. The van der Waals surface area contributed by atoms with Crippen molar-refractivity contribution >= 4 is 17.1 Å². The number of amides is 1. The van der Waals surface area contributed by atoms with Gasteiger partial charge in [-0.3, -0.25) is 4.79 Å². The molecule has 1 saturated heterocycles. The third-order valence-corrected chi connectivity index (χ3v) is 5.33. The molecule has 0 saturated carbocycles. The fourth-order valence-electron chi connectivity index (χ4n) is 3.39. The van der Waals surface area contributed by atoms with Gasteiger partial charge in [-0.2, -0.15) is 0 Å². The van der Waals surface area contributed by atoms with E-state index in [4.69, 9.17) is 9.72 Å². The minimum absolute atomic E-state index is 0.140. The van der Waals surface area contributed by atoms with Crippen molar-refractivity contribution in [2.24, 2.45) is 0 Å². The predicted molar refractivity (Wildman–Crippen MR) is 94.3 cm³/mol. The van der Waals surface area contributed by atoms with Crippen LogP contribution in [-0.4, -0.2) is 57.7 Å². The third kappa shape index (κ3) is 3.14. The second-order valence-corrected chi connectivity index (χ2v) is 7.00. The van der Waals surface area contributed by atoms with Crippen molar-refractivity contribution in [2.45, 2.75) is 45.8 Å². The molecule has 0 spiro atoms. The summed E-state index contributed by atoms with van der Waals surface area (Å²) in [4.78, 5) is 23.6. The molecule has 25 heavy (non-hydrogen) atoms. The smallest absolute Gasteiger partial charge is 0.225 e. The number of rotatable bonds is 5. The van der Waals surface area contributed by atoms with Crippen molar-refractivity contribution in [3.8, 4) is 0 Å². The number of aromatic nitrogens is 3. The van der Waals surface area contributed by atoms with Crippen molar-refractivity contribution < 1.29 is 9.53 Å². The van der Waals surface area contributed by atoms with Crippen LogP contribution in [0.4, 0.5) is 0 Å². The summed E-state index contributed by atoms with van der Waals surface area (Å²) < 4.78 is 7.75. The van der Waals surface area contributed by atoms with Gasteiger partial charge in [-0.15, -0.1) is 0 Å². The van der Waals surface area contributed by atoms with Crippen LogP contribution in [0.25, 0.3) is 11.2 Å². The Bertz CT molecular complexity index is 796. The number of imidazole rings is 1. The van der Waals surface area contributed by atoms with Crippen molar-refractivity contribution in [2.75, 3.05) is 26.3 Å². The average molecular weight is 343 g/mol. The second-order valence-electron chi connectivity index (χ2n) is 7.00. The number of pyridine rings is 1. The van der Waals surface area contributed by atoms with E-state index in [9.17, 15) is 4.79 Å². The molecule has 0 bridgehead atoms. The van der Waals surface area contributed by atoms with Crippen molar-refractivity contribution in [1.29, 1.82) is 0 Å². The summed E-state index contributed by atoms with van der Waals surface area (Å²) in [5.74, 6) is 1.07. The molecular formula is C18H25N5O2. The number of nitrogens with one attached hydrogen (secondary N) is 1. The molecular weight excluding hydrogens is 318 g/mol. The zero-order chi connectivity index (χ0) is 17.4. The minimum atomic E-state index is 0.140. The fraction of sp³-hybridized carbons (Fsp3) is 0.611. The van der Waals surface area contributed by atoms with E-state index in [2.05, 4.69) is 28.7 Å². The van der Waals surface area contributed by atoms with E-state index in [1.807, 2.05) is 11.1 Å². The van der Waals surface area contributed by atoms with Crippen LogP contribution in [0, 0.1) is 13.8 Å². The summed E-state index contributed by atoms with van der Waals surface area (Å²) in [7, 11) is 0. The van der Waals surface area contributed by atoms with Gasteiger partial charge in [-0.05, 0) is 37.9 Å². The van der Waals surface area contributed by atoms with E-state index in [1.165, 1.54) is 12.0 Å². The second kappa shape index (κ2) is 6.72. The highest BCUT2D eigenvalue weighted by atomic mass is 16.5. The first-order chi connectivity index (χ1) is 12.1. The number of hydrogen-bond donors (Lipinski definition) is 1. The normalized spacial score (nSPS) is 19.8. The van der Waals surface area contributed by atoms with E-state index in [0.717, 1.165) is 35.6 Å². The lowest BCUT2D eigenvalue weighted by Crippen LogP contribution is -2.46. The van der Waals surface area contributed by atoms with Crippen LogP contribution in [0.1, 0.15) is 29.8 Å². The Balaban J connectivity index is 1.38. The summed E-state index contributed by atoms with van der Waals surface area (Å²) in [6.45, 7) is 8.41. The van der Waals surface area contributed by atoms with Crippen LogP contribution in [0.15, 0.2) is 6.20 Å². The number of aryl methyl sites for hydroxylation is 2. The first-order valence-corrected chi connectivity index (χ1v) is 9.03. The number of carbonyl (C=O) groups is 1. The average Bonchev–Trinajstić information content (AvgIpc) is 2.94. The molecule has 1 unspecified atom stereocenters. The lowest BCUT2D eigenvalue weighted by Gasteiger charge is -2.29. The van der Waals surface area contributed by atoms with Crippen LogP contribution in [0.2, 0.25) is 0 Å².